The topological polar surface area (TPSA) is 84.5 Å². The monoisotopic (exact) mass is 476 g/mol. The standard InChI is InChI=1S/C24H30Cl2N4O2/c1-14-22(17-3-2-4-18(25)21(17)26)29-19(13-31)23(28-14)30-9-7-24(8-10-30)12-16(11-20(24)27)32-15-5-6-15/h2-4,15-16,20,31H,5-13,27H2,1H3/t16-,20+/m0/s1. The maximum atomic E-state index is 10.1. The third kappa shape index (κ3) is 4.12. The Morgan fingerprint density at radius 1 is 1.19 bits per heavy atom. The molecule has 1 aromatic heterocycles. The molecule has 8 heteroatoms. The van der Waals surface area contributed by atoms with Crippen molar-refractivity contribution in [3.8, 4) is 11.3 Å². The van der Waals surface area contributed by atoms with Crippen molar-refractivity contribution in [2.45, 2.75) is 70.3 Å². The minimum Gasteiger partial charge on any atom is -0.390 e. The lowest BCUT2D eigenvalue weighted by Crippen LogP contribution is -2.47. The Balaban J connectivity index is 1.35. The summed E-state index contributed by atoms with van der Waals surface area (Å²) in [7, 11) is 0. The quantitative estimate of drug-likeness (QED) is 0.660. The second-order valence-corrected chi connectivity index (χ2v) is 10.3. The van der Waals surface area contributed by atoms with E-state index in [1.807, 2.05) is 19.1 Å². The van der Waals surface area contributed by atoms with E-state index in [0.29, 0.717) is 33.6 Å². The molecule has 3 fully saturated rings. The van der Waals surface area contributed by atoms with E-state index in [-0.39, 0.29) is 18.1 Å². The molecule has 1 spiro atoms. The highest BCUT2D eigenvalue weighted by atomic mass is 35.5. The van der Waals surface area contributed by atoms with E-state index in [9.17, 15) is 5.11 Å². The molecule has 172 valence electrons. The molecule has 2 saturated carbocycles. The SMILES string of the molecule is Cc1nc(N2CCC3(CC2)C[C@@H](OC2CC2)C[C@H]3N)c(CO)nc1-c1cccc(Cl)c1Cl. The van der Waals surface area contributed by atoms with Crippen molar-refractivity contribution in [1.29, 1.82) is 0 Å². The van der Waals surface area contributed by atoms with Gasteiger partial charge in [-0.25, -0.2) is 9.97 Å². The zero-order chi connectivity index (χ0) is 22.5. The van der Waals surface area contributed by atoms with Gasteiger partial charge in [-0.15, -0.1) is 0 Å². The number of benzene rings is 1. The van der Waals surface area contributed by atoms with Crippen LogP contribution in [0.5, 0.6) is 0 Å². The molecular weight excluding hydrogens is 447 g/mol. The lowest BCUT2D eigenvalue weighted by Gasteiger charge is -2.42. The normalized spacial score (nSPS) is 25.0. The van der Waals surface area contributed by atoms with Gasteiger partial charge in [-0.05, 0) is 56.9 Å². The average Bonchev–Trinajstić information content (AvgIpc) is 3.55. The summed E-state index contributed by atoms with van der Waals surface area (Å²) in [5.41, 5.74) is 9.45. The number of rotatable bonds is 5. The number of hydrogen-bond acceptors (Lipinski definition) is 6. The lowest BCUT2D eigenvalue weighted by atomic mass is 9.74. The highest BCUT2D eigenvalue weighted by Crippen LogP contribution is 2.48. The van der Waals surface area contributed by atoms with E-state index in [0.717, 1.165) is 55.8 Å². The van der Waals surface area contributed by atoms with Crippen LogP contribution in [0.4, 0.5) is 5.82 Å². The Labute approximate surface area is 199 Å². The smallest absolute Gasteiger partial charge is 0.153 e. The summed E-state index contributed by atoms with van der Waals surface area (Å²) in [5.74, 6) is 0.749. The van der Waals surface area contributed by atoms with Crippen molar-refractivity contribution in [2.75, 3.05) is 18.0 Å². The molecular formula is C24H30Cl2N4O2. The minimum absolute atomic E-state index is 0.145. The first-order valence-electron chi connectivity index (χ1n) is 11.5. The van der Waals surface area contributed by atoms with Crippen molar-refractivity contribution in [3.05, 3.63) is 39.6 Å². The molecule has 0 unspecified atom stereocenters. The van der Waals surface area contributed by atoms with Gasteiger partial charge in [0.2, 0.25) is 0 Å². The third-order valence-electron chi connectivity index (χ3n) is 7.38. The van der Waals surface area contributed by atoms with Gasteiger partial charge in [0, 0.05) is 24.7 Å². The Bertz CT molecular complexity index is 1010. The highest BCUT2D eigenvalue weighted by Gasteiger charge is 2.48. The van der Waals surface area contributed by atoms with Crippen LogP contribution in [0, 0.1) is 12.3 Å². The Kier molecular flexibility index (Phi) is 6.10. The van der Waals surface area contributed by atoms with Gasteiger partial charge in [-0.2, -0.15) is 0 Å². The number of nitrogens with zero attached hydrogens (tertiary/aromatic N) is 3. The number of ether oxygens (including phenoxy) is 1. The summed E-state index contributed by atoms with van der Waals surface area (Å²) in [6, 6.07) is 5.64. The molecule has 32 heavy (non-hydrogen) atoms. The first-order chi connectivity index (χ1) is 15.4. The number of aromatic nitrogens is 2. The van der Waals surface area contributed by atoms with Crippen LogP contribution in [0.1, 0.15) is 49.9 Å². The van der Waals surface area contributed by atoms with Crippen LogP contribution in [-0.4, -0.2) is 46.4 Å². The molecule has 5 rings (SSSR count). The van der Waals surface area contributed by atoms with Crippen LogP contribution in [0.15, 0.2) is 18.2 Å². The summed E-state index contributed by atoms with van der Waals surface area (Å²) >= 11 is 12.6. The van der Waals surface area contributed by atoms with Gasteiger partial charge in [-0.1, -0.05) is 35.3 Å². The molecule has 0 radical (unpaired) electrons. The van der Waals surface area contributed by atoms with E-state index in [4.69, 9.17) is 43.6 Å². The summed E-state index contributed by atoms with van der Waals surface area (Å²) in [4.78, 5) is 11.8. The number of aryl methyl sites for hydroxylation is 1. The van der Waals surface area contributed by atoms with Gasteiger partial charge < -0.3 is 20.5 Å². The molecule has 2 aromatic rings. The molecule has 2 atom stereocenters. The number of nitrogens with two attached hydrogens (primary N) is 1. The summed E-state index contributed by atoms with van der Waals surface area (Å²) in [6.45, 7) is 3.43. The molecule has 3 N–H and O–H groups in total. The molecule has 2 aliphatic carbocycles. The summed E-state index contributed by atoms with van der Waals surface area (Å²) < 4.78 is 6.19. The van der Waals surface area contributed by atoms with Crippen LogP contribution >= 0.6 is 23.2 Å². The highest BCUT2D eigenvalue weighted by molar-refractivity contribution is 6.43. The number of aliphatic hydroxyl groups is 1. The number of hydrogen-bond donors (Lipinski definition) is 2. The van der Waals surface area contributed by atoms with Crippen LogP contribution in [0.25, 0.3) is 11.3 Å². The Hall–Kier alpha value is -1.44. The van der Waals surface area contributed by atoms with Crippen molar-refractivity contribution in [2.24, 2.45) is 11.1 Å². The molecule has 6 nitrogen and oxygen atoms in total. The third-order valence-corrected chi connectivity index (χ3v) is 8.20. The summed E-state index contributed by atoms with van der Waals surface area (Å²) in [5, 5.41) is 11.0. The fraction of sp³-hybridized carbons (Fsp3) is 0.583. The molecule has 0 amide bonds. The van der Waals surface area contributed by atoms with Crippen molar-refractivity contribution in [1.82, 2.24) is 9.97 Å². The predicted molar refractivity (Wildman–Crippen MR) is 127 cm³/mol. The van der Waals surface area contributed by atoms with Crippen molar-refractivity contribution < 1.29 is 9.84 Å². The van der Waals surface area contributed by atoms with Gasteiger partial charge in [0.1, 0.15) is 5.69 Å². The largest absolute Gasteiger partial charge is 0.390 e. The van der Waals surface area contributed by atoms with E-state index in [1.54, 1.807) is 6.07 Å². The fourth-order valence-electron chi connectivity index (χ4n) is 5.38. The average molecular weight is 477 g/mol. The van der Waals surface area contributed by atoms with E-state index < -0.39 is 0 Å². The number of piperidine rings is 1. The predicted octanol–water partition coefficient (Wildman–Crippen LogP) is 4.51. The van der Waals surface area contributed by atoms with Crippen LogP contribution in [0.3, 0.4) is 0 Å². The van der Waals surface area contributed by atoms with E-state index >= 15 is 0 Å². The molecule has 1 aliphatic heterocycles. The van der Waals surface area contributed by atoms with Gasteiger partial charge in [0.05, 0.1) is 40.2 Å². The van der Waals surface area contributed by atoms with Gasteiger partial charge in [0.25, 0.3) is 0 Å². The zero-order valence-corrected chi connectivity index (χ0v) is 19.9. The van der Waals surface area contributed by atoms with Gasteiger partial charge >= 0.3 is 0 Å². The number of aliphatic hydroxyl groups excluding tert-OH is 1. The van der Waals surface area contributed by atoms with E-state index in [2.05, 4.69) is 4.90 Å². The molecule has 1 aromatic carbocycles. The lowest BCUT2D eigenvalue weighted by molar-refractivity contribution is 0.0335. The maximum Gasteiger partial charge on any atom is 0.153 e. The molecule has 3 aliphatic rings. The first kappa shape index (κ1) is 22.4. The maximum absolute atomic E-state index is 10.1. The van der Waals surface area contributed by atoms with Crippen LogP contribution in [0.2, 0.25) is 10.0 Å². The first-order valence-corrected chi connectivity index (χ1v) is 12.2. The van der Waals surface area contributed by atoms with Crippen LogP contribution in [-0.2, 0) is 11.3 Å². The number of halogens is 2. The van der Waals surface area contributed by atoms with Crippen molar-refractivity contribution >= 4 is 29.0 Å². The summed E-state index contributed by atoms with van der Waals surface area (Å²) in [6.07, 6.45) is 7.21. The van der Waals surface area contributed by atoms with Gasteiger partial charge in [-0.3, -0.25) is 0 Å². The zero-order valence-electron chi connectivity index (χ0n) is 18.4. The minimum atomic E-state index is -0.188. The fourth-order valence-corrected chi connectivity index (χ4v) is 5.77. The molecule has 2 heterocycles. The van der Waals surface area contributed by atoms with Crippen LogP contribution < -0.4 is 10.6 Å². The second kappa shape index (κ2) is 8.73. The Morgan fingerprint density at radius 3 is 2.62 bits per heavy atom. The van der Waals surface area contributed by atoms with E-state index in [1.165, 1.54) is 12.8 Å². The molecule has 0 bridgehead atoms. The molecule has 1 saturated heterocycles. The second-order valence-electron chi connectivity index (χ2n) is 9.54. The van der Waals surface area contributed by atoms with Crippen molar-refractivity contribution in [3.63, 3.8) is 0 Å². The number of anilines is 1. The Morgan fingerprint density at radius 2 is 1.94 bits per heavy atom. The van der Waals surface area contributed by atoms with Gasteiger partial charge in [0.15, 0.2) is 5.82 Å².